The number of ether oxygens (including phenoxy) is 1. The van der Waals surface area contributed by atoms with Crippen molar-refractivity contribution in [2.45, 2.75) is 12.3 Å². The fourth-order valence-corrected chi connectivity index (χ4v) is 0.961. The maximum atomic E-state index is 11.9. The number of halogens is 3. The van der Waals surface area contributed by atoms with Crippen LogP contribution in [0.2, 0.25) is 0 Å². The summed E-state index contributed by atoms with van der Waals surface area (Å²) in [6, 6.07) is 0. The van der Waals surface area contributed by atoms with Crippen LogP contribution < -0.4 is 0 Å². The van der Waals surface area contributed by atoms with E-state index in [1.807, 2.05) is 0 Å². The van der Waals surface area contributed by atoms with Gasteiger partial charge in [-0.2, -0.15) is 13.2 Å². The molecule has 6 nitrogen and oxygen atoms in total. The Bertz CT molecular complexity index is 256. The molecule has 0 aliphatic heterocycles. The van der Waals surface area contributed by atoms with E-state index in [4.69, 9.17) is 9.79 Å². The van der Waals surface area contributed by atoms with Crippen LogP contribution in [0.15, 0.2) is 0 Å². The zero-order chi connectivity index (χ0) is 11.6. The minimum atomic E-state index is -5.41. The molecule has 2 N–H and O–H groups in total. The van der Waals surface area contributed by atoms with Crippen LogP contribution in [0.5, 0.6) is 0 Å². The topological polar surface area (TPSA) is 93.1 Å². The van der Waals surface area contributed by atoms with Crippen LogP contribution in [-0.4, -0.2) is 35.1 Å². The molecule has 0 bridgehead atoms. The molecule has 0 aromatic heterocycles. The molecule has 84 valence electrons. The van der Waals surface area contributed by atoms with Crippen LogP contribution in [0.4, 0.5) is 13.2 Å². The van der Waals surface area contributed by atoms with E-state index >= 15 is 0 Å². The second-order valence-electron chi connectivity index (χ2n) is 2.04. The van der Waals surface area contributed by atoms with Crippen molar-refractivity contribution in [1.82, 2.24) is 0 Å². The summed E-state index contributed by atoms with van der Waals surface area (Å²) in [5.41, 5.74) is 0. The average Bonchev–Trinajstić information content (AvgIpc) is 1.95. The molecule has 0 aromatic carbocycles. The molecule has 0 fully saturated rings. The van der Waals surface area contributed by atoms with Gasteiger partial charge in [-0.3, -0.25) is 4.52 Å². The molecule has 0 heterocycles. The number of carbonyl (C=O) groups excluding carboxylic acids is 1. The second-order valence-corrected chi connectivity index (χ2v) is 3.23. The van der Waals surface area contributed by atoms with E-state index in [1.54, 1.807) is 0 Å². The first-order valence-electron chi connectivity index (χ1n) is 2.96. The third kappa shape index (κ3) is 4.56. The normalized spacial score (nSPS) is 15.0. The Hall–Kier alpha value is -0.630. The van der Waals surface area contributed by atoms with E-state index in [0.717, 1.165) is 0 Å². The predicted octanol–water partition coefficient (Wildman–Crippen LogP) is 0.200. The van der Waals surface area contributed by atoms with Crippen molar-refractivity contribution in [2.75, 3.05) is 7.11 Å². The van der Waals surface area contributed by atoms with Gasteiger partial charge in [-0.1, -0.05) is 0 Å². The molecule has 0 amide bonds. The Morgan fingerprint density at radius 2 is 1.86 bits per heavy atom. The third-order valence-corrected chi connectivity index (χ3v) is 1.44. The summed E-state index contributed by atoms with van der Waals surface area (Å²) in [5.74, 6) is -1.93. The lowest BCUT2D eigenvalue weighted by Crippen LogP contribution is -2.39. The average molecular weight is 238 g/mol. The van der Waals surface area contributed by atoms with Gasteiger partial charge in [0, 0.05) is 0 Å². The number of phosphoric ester groups is 1. The Kier molecular flexibility index (Phi) is 4.07. The first-order chi connectivity index (χ1) is 6.08. The van der Waals surface area contributed by atoms with E-state index in [2.05, 4.69) is 9.26 Å². The molecule has 0 spiro atoms. The maximum absolute atomic E-state index is 11.9. The number of carbonyl (C=O) groups is 1. The van der Waals surface area contributed by atoms with Crippen molar-refractivity contribution < 1.29 is 41.6 Å². The van der Waals surface area contributed by atoms with Crippen molar-refractivity contribution in [3.8, 4) is 0 Å². The molecule has 10 heteroatoms. The number of rotatable bonds is 3. The van der Waals surface area contributed by atoms with E-state index < -0.39 is 26.1 Å². The standard InChI is InChI=1S/C4H6F3O6P/c1-12-3(8)2(4(5,6)7)13-14(9,10)11/h2H,1H3,(H2,9,10,11). The van der Waals surface area contributed by atoms with Crippen LogP contribution in [0.3, 0.4) is 0 Å². The van der Waals surface area contributed by atoms with Gasteiger partial charge < -0.3 is 14.5 Å². The van der Waals surface area contributed by atoms with Crippen molar-refractivity contribution >= 4 is 13.8 Å². The zero-order valence-electron chi connectivity index (χ0n) is 6.69. The fraction of sp³-hybridized carbons (Fsp3) is 0.750. The number of alkyl halides is 3. The molecule has 0 aliphatic carbocycles. The van der Waals surface area contributed by atoms with E-state index in [1.165, 1.54) is 0 Å². The Balaban J connectivity index is 4.76. The van der Waals surface area contributed by atoms with Crippen molar-refractivity contribution in [3.63, 3.8) is 0 Å². The van der Waals surface area contributed by atoms with Gasteiger partial charge >= 0.3 is 20.0 Å². The van der Waals surface area contributed by atoms with Crippen molar-refractivity contribution in [2.24, 2.45) is 0 Å². The Labute approximate surface area is 75.9 Å². The van der Waals surface area contributed by atoms with Crippen LogP contribution in [0, 0.1) is 0 Å². The van der Waals surface area contributed by atoms with Gasteiger partial charge in [0.2, 0.25) is 0 Å². The molecule has 0 aromatic rings. The Morgan fingerprint density at radius 1 is 1.43 bits per heavy atom. The molecule has 0 saturated carbocycles. The summed E-state index contributed by atoms with van der Waals surface area (Å²) in [4.78, 5) is 26.6. The highest BCUT2D eigenvalue weighted by Crippen LogP contribution is 2.41. The van der Waals surface area contributed by atoms with E-state index in [9.17, 15) is 22.5 Å². The van der Waals surface area contributed by atoms with Gasteiger partial charge in [-0.15, -0.1) is 0 Å². The van der Waals surface area contributed by atoms with E-state index in [0.29, 0.717) is 7.11 Å². The third-order valence-electron chi connectivity index (χ3n) is 0.955. The smallest absolute Gasteiger partial charge is 0.467 e. The fourth-order valence-electron chi connectivity index (χ4n) is 0.481. The lowest BCUT2D eigenvalue weighted by Gasteiger charge is -2.18. The summed E-state index contributed by atoms with van der Waals surface area (Å²) in [7, 11) is -4.78. The van der Waals surface area contributed by atoms with Crippen LogP contribution in [0.25, 0.3) is 0 Å². The van der Waals surface area contributed by atoms with Crippen LogP contribution >= 0.6 is 7.82 Å². The lowest BCUT2D eigenvalue weighted by atomic mass is 10.3. The van der Waals surface area contributed by atoms with Crippen LogP contribution in [-0.2, 0) is 18.6 Å². The largest absolute Gasteiger partial charge is 0.470 e. The predicted molar refractivity (Wildman–Crippen MR) is 35.0 cm³/mol. The lowest BCUT2D eigenvalue weighted by molar-refractivity contribution is -0.212. The first kappa shape index (κ1) is 13.4. The van der Waals surface area contributed by atoms with Gasteiger partial charge in [-0.25, -0.2) is 9.36 Å². The first-order valence-corrected chi connectivity index (χ1v) is 4.49. The highest BCUT2D eigenvalue weighted by molar-refractivity contribution is 7.46. The summed E-state index contributed by atoms with van der Waals surface area (Å²) < 4.78 is 52.7. The number of methoxy groups -OCH3 is 1. The minimum absolute atomic E-state index is 0.629. The Morgan fingerprint density at radius 3 is 2.07 bits per heavy atom. The quantitative estimate of drug-likeness (QED) is 0.538. The molecule has 14 heavy (non-hydrogen) atoms. The van der Waals surface area contributed by atoms with E-state index in [-0.39, 0.29) is 0 Å². The molecular formula is C4H6F3O6P. The molecule has 1 unspecified atom stereocenters. The summed E-state index contributed by atoms with van der Waals surface area (Å²) in [6.07, 6.45) is -8.53. The molecular weight excluding hydrogens is 232 g/mol. The van der Waals surface area contributed by atoms with Gasteiger partial charge in [0.05, 0.1) is 7.11 Å². The van der Waals surface area contributed by atoms with Crippen molar-refractivity contribution in [1.29, 1.82) is 0 Å². The highest BCUT2D eigenvalue weighted by atomic mass is 31.2. The molecule has 0 rings (SSSR count). The number of phosphoric acid groups is 1. The minimum Gasteiger partial charge on any atom is -0.467 e. The summed E-state index contributed by atoms with van der Waals surface area (Å²) >= 11 is 0. The SMILES string of the molecule is COC(=O)C(OP(=O)(O)O)C(F)(F)F. The second kappa shape index (κ2) is 4.26. The van der Waals surface area contributed by atoms with Crippen LogP contribution in [0.1, 0.15) is 0 Å². The highest BCUT2D eigenvalue weighted by Gasteiger charge is 2.50. The maximum Gasteiger partial charge on any atom is 0.470 e. The van der Waals surface area contributed by atoms with Gasteiger partial charge in [0.15, 0.2) is 0 Å². The van der Waals surface area contributed by atoms with Crippen molar-refractivity contribution in [3.05, 3.63) is 0 Å². The van der Waals surface area contributed by atoms with Gasteiger partial charge in [0.25, 0.3) is 6.10 Å². The van der Waals surface area contributed by atoms with Gasteiger partial charge in [-0.05, 0) is 0 Å². The number of hydrogen-bond acceptors (Lipinski definition) is 4. The zero-order valence-corrected chi connectivity index (χ0v) is 7.58. The monoisotopic (exact) mass is 238 g/mol. The molecule has 0 saturated heterocycles. The molecule has 0 aliphatic rings. The van der Waals surface area contributed by atoms with Gasteiger partial charge in [0.1, 0.15) is 0 Å². The molecule has 1 atom stereocenters. The summed E-state index contributed by atoms with van der Waals surface area (Å²) in [6.45, 7) is 0. The number of esters is 1. The molecule has 0 radical (unpaired) electrons. The number of hydrogen-bond donors (Lipinski definition) is 2. The summed E-state index contributed by atoms with van der Waals surface area (Å²) in [5, 5.41) is 0.